The summed E-state index contributed by atoms with van der Waals surface area (Å²) in [6, 6.07) is -0.200. The maximum absolute atomic E-state index is 12.4. The van der Waals surface area contributed by atoms with Gasteiger partial charge in [-0.15, -0.1) is 0 Å². The van der Waals surface area contributed by atoms with Crippen molar-refractivity contribution < 1.29 is 14.8 Å². The van der Waals surface area contributed by atoms with Gasteiger partial charge in [-0.25, -0.2) is 0 Å². The van der Waals surface area contributed by atoms with Crippen LogP contribution in [0.25, 0.3) is 0 Å². The molecule has 1 unspecified atom stereocenters. The Balaban J connectivity index is 2.80. The maximum Gasteiger partial charge on any atom is 0.475 e. The number of carbonyl (C=O) groups excluding carboxylic acids is 1. The van der Waals surface area contributed by atoms with Gasteiger partial charge < -0.3 is 14.9 Å². The van der Waals surface area contributed by atoms with Gasteiger partial charge in [0.2, 0.25) is 5.91 Å². The lowest BCUT2D eigenvalue weighted by atomic mass is 9.77. The first-order valence-electron chi connectivity index (χ1n) is 6.19. The Morgan fingerprint density at radius 1 is 1.41 bits per heavy atom. The highest BCUT2D eigenvalue weighted by Crippen LogP contribution is 2.22. The van der Waals surface area contributed by atoms with E-state index in [9.17, 15) is 14.8 Å². The normalized spacial score (nSPS) is 22.4. The summed E-state index contributed by atoms with van der Waals surface area (Å²) in [5.41, 5.74) is 0. The summed E-state index contributed by atoms with van der Waals surface area (Å²) < 4.78 is 0. The minimum Gasteiger partial charge on any atom is -0.426 e. The number of carbonyl (C=O) groups is 1. The fraction of sp³-hybridized carbons (Fsp3) is 0.909. The Morgan fingerprint density at radius 3 is 2.41 bits per heavy atom. The van der Waals surface area contributed by atoms with Crippen LogP contribution in [0, 0.1) is 5.92 Å². The predicted molar refractivity (Wildman–Crippen MR) is 67.2 cm³/mol. The molecule has 0 radical (unpaired) electrons. The Bertz CT molecular complexity index is 263. The molecular weight excluding hydrogens is 219 g/mol. The number of amides is 1. The zero-order chi connectivity index (χ0) is 13.2. The molecule has 0 aromatic heterocycles. The molecule has 98 valence electrons. The molecule has 1 heterocycles. The third-order valence-electron chi connectivity index (χ3n) is 3.37. The van der Waals surface area contributed by atoms with Crippen molar-refractivity contribution in [2.24, 2.45) is 5.92 Å². The van der Waals surface area contributed by atoms with Gasteiger partial charge in [0, 0.05) is 6.54 Å². The second-order valence-corrected chi connectivity index (χ2v) is 5.31. The summed E-state index contributed by atoms with van der Waals surface area (Å²) in [6.45, 7) is 4.63. The minimum atomic E-state index is -1.43. The summed E-state index contributed by atoms with van der Waals surface area (Å²) in [5.74, 6) is -0.237. The lowest BCUT2D eigenvalue weighted by Gasteiger charge is -2.33. The van der Waals surface area contributed by atoms with Crippen LogP contribution in [0.2, 0.25) is 0 Å². The molecule has 1 amide bonds. The first-order valence-corrected chi connectivity index (χ1v) is 6.19. The number of nitrogens with zero attached hydrogens (tertiary/aromatic N) is 2. The van der Waals surface area contributed by atoms with Crippen molar-refractivity contribution in [3.8, 4) is 0 Å². The van der Waals surface area contributed by atoms with Crippen molar-refractivity contribution in [1.29, 1.82) is 0 Å². The zero-order valence-corrected chi connectivity index (χ0v) is 11.1. The zero-order valence-electron chi connectivity index (χ0n) is 11.1. The SMILES string of the molecule is CC(C)C(C(=O)N1CCC[C@H]1B(O)O)N(C)C. The highest BCUT2D eigenvalue weighted by atomic mass is 16.4. The van der Waals surface area contributed by atoms with Crippen LogP contribution in [0.1, 0.15) is 26.7 Å². The molecule has 1 aliphatic heterocycles. The van der Waals surface area contributed by atoms with Gasteiger partial charge in [-0.2, -0.15) is 0 Å². The molecule has 17 heavy (non-hydrogen) atoms. The molecule has 1 aliphatic rings. The summed E-state index contributed by atoms with van der Waals surface area (Å²) in [6.07, 6.45) is 1.51. The molecule has 0 aromatic carbocycles. The van der Waals surface area contributed by atoms with Gasteiger partial charge in [0.15, 0.2) is 0 Å². The van der Waals surface area contributed by atoms with Gasteiger partial charge >= 0.3 is 7.12 Å². The molecule has 0 saturated carbocycles. The first kappa shape index (κ1) is 14.5. The van der Waals surface area contributed by atoms with Gasteiger partial charge in [0.1, 0.15) is 0 Å². The van der Waals surface area contributed by atoms with Crippen LogP contribution < -0.4 is 0 Å². The van der Waals surface area contributed by atoms with E-state index in [0.29, 0.717) is 13.0 Å². The smallest absolute Gasteiger partial charge is 0.426 e. The van der Waals surface area contributed by atoms with Crippen LogP contribution in [0.15, 0.2) is 0 Å². The fourth-order valence-corrected chi connectivity index (χ4v) is 2.65. The van der Waals surface area contributed by atoms with Gasteiger partial charge in [-0.1, -0.05) is 13.8 Å². The van der Waals surface area contributed by atoms with E-state index < -0.39 is 13.1 Å². The Morgan fingerprint density at radius 2 is 2.00 bits per heavy atom. The first-order chi connectivity index (χ1) is 7.86. The van der Waals surface area contributed by atoms with Gasteiger partial charge in [0.25, 0.3) is 0 Å². The lowest BCUT2D eigenvalue weighted by Crippen LogP contribution is -2.53. The maximum atomic E-state index is 12.4. The molecule has 2 N–H and O–H groups in total. The van der Waals surface area contributed by atoms with Crippen LogP contribution in [0.4, 0.5) is 0 Å². The van der Waals surface area contributed by atoms with E-state index in [4.69, 9.17) is 0 Å². The average molecular weight is 242 g/mol. The molecule has 0 aromatic rings. The fourth-order valence-electron chi connectivity index (χ4n) is 2.65. The minimum absolute atomic E-state index is 0.000556. The van der Waals surface area contributed by atoms with Gasteiger partial charge in [0.05, 0.1) is 12.0 Å². The molecule has 2 atom stereocenters. The number of rotatable bonds is 4. The Hall–Kier alpha value is -0.585. The molecule has 1 saturated heterocycles. The third kappa shape index (κ3) is 3.21. The lowest BCUT2D eigenvalue weighted by molar-refractivity contribution is -0.137. The molecule has 0 aliphatic carbocycles. The molecule has 0 bridgehead atoms. The largest absolute Gasteiger partial charge is 0.475 e. The van der Waals surface area contributed by atoms with Crippen LogP contribution in [-0.2, 0) is 4.79 Å². The van der Waals surface area contributed by atoms with E-state index in [2.05, 4.69) is 0 Å². The number of likely N-dealkylation sites (N-methyl/N-ethyl adjacent to an activating group) is 1. The summed E-state index contributed by atoms with van der Waals surface area (Å²) in [7, 11) is 2.32. The van der Waals surface area contributed by atoms with Gasteiger partial charge in [-0.05, 0) is 32.9 Å². The third-order valence-corrected chi connectivity index (χ3v) is 3.37. The van der Waals surface area contributed by atoms with Crippen molar-refractivity contribution in [2.45, 2.75) is 38.7 Å². The number of hydrogen-bond acceptors (Lipinski definition) is 4. The van der Waals surface area contributed by atoms with E-state index in [0.717, 1.165) is 6.42 Å². The van der Waals surface area contributed by atoms with Crippen LogP contribution >= 0.6 is 0 Å². The Labute approximate surface area is 104 Å². The van der Waals surface area contributed by atoms with Gasteiger partial charge in [-0.3, -0.25) is 9.69 Å². The molecular formula is C11H23BN2O3. The molecule has 6 heteroatoms. The van der Waals surface area contributed by atoms with Crippen molar-refractivity contribution in [2.75, 3.05) is 20.6 Å². The average Bonchev–Trinajstić information content (AvgIpc) is 2.63. The van der Waals surface area contributed by atoms with E-state index in [1.165, 1.54) is 0 Å². The number of hydrogen-bond donors (Lipinski definition) is 2. The monoisotopic (exact) mass is 242 g/mol. The van der Waals surface area contributed by atoms with E-state index in [1.807, 2.05) is 32.8 Å². The predicted octanol–water partition coefficient (Wildman–Crippen LogP) is -0.424. The molecule has 0 spiro atoms. The summed E-state index contributed by atoms with van der Waals surface area (Å²) >= 11 is 0. The standard InChI is InChI=1S/C11H23BN2O3/c1-8(2)10(13(3)4)11(15)14-7-5-6-9(14)12(16)17/h8-10,16-17H,5-7H2,1-4H3/t9-,10?/m0/s1. The molecule has 1 rings (SSSR count). The van der Waals surface area contributed by atoms with Crippen molar-refractivity contribution >= 4 is 13.0 Å². The summed E-state index contributed by atoms with van der Waals surface area (Å²) in [5, 5.41) is 18.6. The molecule has 5 nitrogen and oxygen atoms in total. The van der Waals surface area contributed by atoms with Crippen molar-refractivity contribution in [3.05, 3.63) is 0 Å². The van der Waals surface area contributed by atoms with Crippen LogP contribution in [0.5, 0.6) is 0 Å². The Kier molecular flexibility index (Phi) is 4.97. The highest BCUT2D eigenvalue weighted by molar-refractivity contribution is 6.43. The quantitative estimate of drug-likeness (QED) is 0.657. The van der Waals surface area contributed by atoms with Crippen molar-refractivity contribution in [1.82, 2.24) is 9.80 Å². The molecule has 1 fully saturated rings. The van der Waals surface area contributed by atoms with Crippen LogP contribution in [0.3, 0.4) is 0 Å². The number of likely N-dealkylation sites (tertiary alicyclic amines) is 1. The highest BCUT2D eigenvalue weighted by Gasteiger charge is 2.40. The van der Waals surface area contributed by atoms with Crippen molar-refractivity contribution in [3.63, 3.8) is 0 Å². The second-order valence-electron chi connectivity index (χ2n) is 5.31. The van der Waals surface area contributed by atoms with Crippen LogP contribution in [-0.4, -0.2) is 65.5 Å². The topological polar surface area (TPSA) is 64.0 Å². The van der Waals surface area contributed by atoms with E-state index in [-0.39, 0.29) is 17.9 Å². The summed E-state index contributed by atoms with van der Waals surface area (Å²) in [4.78, 5) is 15.9. The van der Waals surface area contributed by atoms with E-state index >= 15 is 0 Å². The second kappa shape index (κ2) is 5.84. The van der Waals surface area contributed by atoms with E-state index in [1.54, 1.807) is 4.90 Å².